The van der Waals surface area contributed by atoms with E-state index in [1.54, 1.807) is 0 Å². The molecule has 0 fully saturated rings. The van der Waals surface area contributed by atoms with Gasteiger partial charge in [0.25, 0.3) is 0 Å². The Hall–Kier alpha value is -4.66. The van der Waals surface area contributed by atoms with Gasteiger partial charge in [-0.25, -0.2) is 9.59 Å². The second kappa shape index (κ2) is 12.5. The maximum Gasteiger partial charge on any atom is 0.419 e. The van der Waals surface area contributed by atoms with Crippen molar-refractivity contribution in [3.05, 3.63) is 131 Å². The molecule has 2 heterocycles. The fourth-order valence-electron chi connectivity index (χ4n) is 6.33. The molecule has 0 spiro atoms. The molecule has 2 unspecified atom stereocenters. The SMILES string of the molecule is CN1CCc2ccccc2C1(CNc1ccccc1)OC(=O)C(=O)OC1(CNc2ccccc2)c2ccccc2CCN1C. The molecule has 4 aromatic carbocycles. The second-order valence-electron chi connectivity index (χ2n) is 11.4. The van der Waals surface area contributed by atoms with Crippen LogP contribution in [0.15, 0.2) is 109 Å². The molecule has 2 atom stereocenters. The summed E-state index contributed by atoms with van der Waals surface area (Å²) >= 11 is 0. The third-order valence-electron chi connectivity index (χ3n) is 8.84. The molecule has 0 saturated carbocycles. The van der Waals surface area contributed by atoms with Crippen molar-refractivity contribution in [2.75, 3.05) is 50.9 Å². The van der Waals surface area contributed by atoms with Crippen molar-refractivity contribution in [2.24, 2.45) is 0 Å². The van der Waals surface area contributed by atoms with Crippen LogP contribution in [0.3, 0.4) is 0 Å². The monoisotopic (exact) mass is 590 g/mol. The van der Waals surface area contributed by atoms with Crippen molar-refractivity contribution >= 4 is 23.3 Å². The summed E-state index contributed by atoms with van der Waals surface area (Å²) in [5, 5.41) is 6.86. The van der Waals surface area contributed by atoms with E-state index in [4.69, 9.17) is 9.47 Å². The number of nitrogens with zero attached hydrogens (tertiary/aromatic N) is 2. The Morgan fingerprint density at radius 1 is 0.591 bits per heavy atom. The van der Waals surface area contributed by atoms with Crippen LogP contribution in [-0.4, -0.2) is 62.0 Å². The number of hydrogen-bond acceptors (Lipinski definition) is 8. The molecule has 0 radical (unpaired) electrons. The van der Waals surface area contributed by atoms with Gasteiger partial charge in [0.05, 0.1) is 13.1 Å². The quantitative estimate of drug-likeness (QED) is 0.220. The third kappa shape index (κ3) is 5.66. The minimum absolute atomic E-state index is 0.243. The van der Waals surface area contributed by atoms with Gasteiger partial charge in [-0.3, -0.25) is 9.80 Å². The molecule has 6 rings (SSSR count). The Morgan fingerprint density at radius 2 is 0.955 bits per heavy atom. The highest BCUT2D eigenvalue weighted by molar-refractivity contribution is 6.30. The summed E-state index contributed by atoms with van der Waals surface area (Å²) in [5.74, 6) is -2.09. The molecule has 0 amide bonds. The molecule has 0 saturated heterocycles. The van der Waals surface area contributed by atoms with Crippen molar-refractivity contribution in [3.8, 4) is 0 Å². The van der Waals surface area contributed by atoms with Gasteiger partial charge in [-0.05, 0) is 62.3 Å². The average Bonchev–Trinajstić information content (AvgIpc) is 3.07. The van der Waals surface area contributed by atoms with Crippen LogP contribution >= 0.6 is 0 Å². The zero-order valence-corrected chi connectivity index (χ0v) is 25.2. The Balaban J connectivity index is 1.32. The molecule has 2 aliphatic heterocycles. The van der Waals surface area contributed by atoms with E-state index in [-0.39, 0.29) is 13.1 Å². The highest BCUT2D eigenvalue weighted by Crippen LogP contribution is 2.39. The van der Waals surface area contributed by atoms with Crippen LogP contribution in [0.2, 0.25) is 0 Å². The van der Waals surface area contributed by atoms with Gasteiger partial charge in [-0.1, -0.05) is 84.9 Å². The first-order chi connectivity index (χ1) is 21.4. The number of likely N-dealkylation sites (N-methyl/N-ethyl adjacent to an activating group) is 2. The molecule has 2 N–H and O–H groups in total. The van der Waals surface area contributed by atoms with E-state index in [0.29, 0.717) is 13.1 Å². The van der Waals surface area contributed by atoms with Crippen LogP contribution < -0.4 is 10.6 Å². The summed E-state index contributed by atoms with van der Waals surface area (Å²) in [5.41, 5.74) is 3.15. The van der Waals surface area contributed by atoms with E-state index in [9.17, 15) is 9.59 Å². The Labute approximate surface area is 258 Å². The van der Waals surface area contributed by atoms with Crippen LogP contribution in [0.4, 0.5) is 11.4 Å². The molecular weight excluding hydrogens is 552 g/mol. The van der Waals surface area contributed by atoms with E-state index >= 15 is 0 Å². The number of para-hydroxylation sites is 2. The number of anilines is 2. The standard InChI is InChI=1S/C36H38N4O4/c1-39-23-21-27-13-9-11-19-31(27)35(39,25-37-29-15-5-3-6-16-29)43-33(41)34(42)44-36(26-38-30-17-7-4-8-18-30)32-20-12-10-14-28(32)22-24-40(36)2/h3-20,37-38H,21-26H2,1-2H3. The molecule has 8 nitrogen and oxygen atoms in total. The van der Waals surface area contributed by atoms with Crippen LogP contribution in [0.25, 0.3) is 0 Å². The Bertz CT molecular complexity index is 1490. The van der Waals surface area contributed by atoms with Crippen molar-refractivity contribution in [1.29, 1.82) is 0 Å². The summed E-state index contributed by atoms with van der Waals surface area (Å²) in [6.45, 7) is 1.79. The highest BCUT2D eigenvalue weighted by Gasteiger charge is 2.49. The number of nitrogens with one attached hydrogen (secondary N) is 2. The van der Waals surface area contributed by atoms with Crippen molar-refractivity contribution < 1.29 is 19.1 Å². The molecule has 0 aromatic heterocycles. The molecular formula is C36H38N4O4. The fourth-order valence-corrected chi connectivity index (χ4v) is 6.33. The van der Waals surface area contributed by atoms with Gasteiger partial charge in [-0.2, -0.15) is 0 Å². The Kier molecular flexibility index (Phi) is 8.37. The Morgan fingerprint density at radius 3 is 1.36 bits per heavy atom. The maximum absolute atomic E-state index is 13.9. The number of benzene rings is 4. The third-order valence-corrected chi connectivity index (χ3v) is 8.84. The van der Waals surface area contributed by atoms with E-state index in [1.165, 1.54) is 0 Å². The fraction of sp³-hybridized carbons (Fsp3) is 0.278. The van der Waals surface area contributed by atoms with E-state index < -0.39 is 23.4 Å². The van der Waals surface area contributed by atoms with E-state index in [2.05, 4.69) is 10.6 Å². The first-order valence-electron chi connectivity index (χ1n) is 15.0. The first kappa shape index (κ1) is 29.4. The number of rotatable bonds is 8. The van der Waals surface area contributed by atoms with Gasteiger partial charge in [0.2, 0.25) is 11.4 Å². The largest absolute Gasteiger partial charge is 0.429 e. The highest BCUT2D eigenvalue weighted by atomic mass is 16.6. The topological polar surface area (TPSA) is 83.1 Å². The minimum Gasteiger partial charge on any atom is -0.429 e. The number of hydrogen-bond donors (Lipinski definition) is 2. The zero-order chi connectivity index (χ0) is 30.6. The van der Waals surface area contributed by atoms with Crippen molar-refractivity contribution in [2.45, 2.75) is 24.3 Å². The summed E-state index contributed by atoms with van der Waals surface area (Å²) in [4.78, 5) is 31.8. The number of fused-ring (bicyclic) bond motifs is 2. The van der Waals surface area contributed by atoms with Crippen molar-refractivity contribution in [1.82, 2.24) is 9.80 Å². The predicted octanol–water partition coefficient (Wildman–Crippen LogP) is 4.98. The van der Waals surface area contributed by atoms with Crippen LogP contribution in [0, 0.1) is 0 Å². The van der Waals surface area contributed by atoms with Crippen LogP contribution in [0.5, 0.6) is 0 Å². The molecule has 0 aliphatic carbocycles. The molecule has 8 heteroatoms. The molecule has 2 aliphatic rings. The number of esters is 2. The predicted molar refractivity (Wildman–Crippen MR) is 171 cm³/mol. The van der Waals surface area contributed by atoms with Crippen LogP contribution in [0.1, 0.15) is 22.3 Å². The van der Waals surface area contributed by atoms with Crippen molar-refractivity contribution in [3.63, 3.8) is 0 Å². The van der Waals surface area contributed by atoms with E-state index in [1.807, 2.05) is 133 Å². The molecule has 226 valence electrons. The maximum atomic E-state index is 13.9. The lowest BCUT2D eigenvalue weighted by atomic mass is 9.89. The van der Waals surface area contributed by atoms with Crippen LogP contribution in [-0.2, 0) is 43.4 Å². The average molecular weight is 591 g/mol. The molecule has 44 heavy (non-hydrogen) atoms. The van der Waals surface area contributed by atoms with Gasteiger partial charge >= 0.3 is 11.9 Å². The van der Waals surface area contributed by atoms with Gasteiger partial charge in [0.15, 0.2) is 0 Å². The summed E-state index contributed by atoms with van der Waals surface area (Å²) < 4.78 is 12.6. The molecule has 0 bridgehead atoms. The lowest BCUT2D eigenvalue weighted by Crippen LogP contribution is -2.58. The minimum atomic E-state index is -1.23. The van der Waals surface area contributed by atoms with Gasteiger partial charge in [0, 0.05) is 35.6 Å². The van der Waals surface area contributed by atoms with Gasteiger partial charge < -0.3 is 20.1 Å². The second-order valence-corrected chi connectivity index (χ2v) is 11.4. The zero-order valence-electron chi connectivity index (χ0n) is 25.2. The van der Waals surface area contributed by atoms with Gasteiger partial charge in [0.1, 0.15) is 0 Å². The number of carbonyl (C=O) groups excluding carboxylic acids is 2. The van der Waals surface area contributed by atoms with E-state index in [0.717, 1.165) is 46.5 Å². The molecule has 4 aromatic rings. The lowest BCUT2D eigenvalue weighted by Gasteiger charge is -2.46. The number of ether oxygens (including phenoxy) is 2. The smallest absolute Gasteiger partial charge is 0.419 e. The number of carbonyl (C=O) groups is 2. The summed E-state index contributed by atoms with van der Waals surface area (Å²) in [6, 6.07) is 35.3. The summed E-state index contributed by atoms with van der Waals surface area (Å²) in [6.07, 6.45) is 1.61. The van der Waals surface area contributed by atoms with Gasteiger partial charge in [-0.15, -0.1) is 0 Å². The lowest BCUT2D eigenvalue weighted by molar-refractivity contribution is -0.210. The summed E-state index contributed by atoms with van der Waals surface area (Å²) in [7, 11) is 3.83. The normalized spacial score (nSPS) is 21.4. The first-order valence-corrected chi connectivity index (χ1v) is 15.0.